The van der Waals surface area contributed by atoms with E-state index in [4.69, 9.17) is 16.3 Å². The molecule has 2 amide bonds. The summed E-state index contributed by atoms with van der Waals surface area (Å²) in [4.78, 5) is 18.3. The molecule has 0 aliphatic carbocycles. The predicted octanol–water partition coefficient (Wildman–Crippen LogP) is 2.71. The van der Waals surface area contributed by atoms with Crippen LogP contribution in [-0.4, -0.2) is 51.4 Å². The van der Waals surface area contributed by atoms with E-state index in [9.17, 15) is 4.79 Å². The number of aryl methyl sites for hydroxylation is 1. The van der Waals surface area contributed by atoms with Crippen LogP contribution in [0.5, 0.6) is 0 Å². The second-order valence-electron chi connectivity index (χ2n) is 6.33. The van der Waals surface area contributed by atoms with Gasteiger partial charge in [-0.3, -0.25) is 9.67 Å². The van der Waals surface area contributed by atoms with E-state index in [2.05, 4.69) is 15.4 Å². The molecule has 1 fully saturated rings. The molecule has 1 saturated heterocycles. The highest BCUT2D eigenvalue weighted by atomic mass is 35.5. The number of hydrogen-bond donors (Lipinski definition) is 1. The topological polar surface area (TPSA) is 72.3 Å². The van der Waals surface area contributed by atoms with Crippen LogP contribution < -0.4 is 5.32 Å². The van der Waals surface area contributed by atoms with Gasteiger partial charge in [-0.1, -0.05) is 17.7 Å². The summed E-state index contributed by atoms with van der Waals surface area (Å²) in [5.74, 6) is 0. The molecule has 2 aromatic rings. The third-order valence-electron chi connectivity index (χ3n) is 4.36. The van der Waals surface area contributed by atoms with Gasteiger partial charge in [0.2, 0.25) is 0 Å². The molecule has 1 aliphatic rings. The van der Waals surface area contributed by atoms with Crippen LogP contribution in [0.4, 0.5) is 4.79 Å². The molecular weight excluding hydrogens is 354 g/mol. The summed E-state index contributed by atoms with van der Waals surface area (Å²) in [6.07, 6.45) is 7.86. The van der Waals surface area contributed by atoms with Crippen LogP contribution in [0, 0.1) is 0 Å². The maximum atomic E-state index is 12.2. The lowest BCUT2D eigenvalue weighted by molar-refractivity contribution is 0.00308. The Kier molecular flexibility index (Phi) is 6.85. The number of pyridine rings is 1. The highest BCUT2D eigenvalue weighted by Gasteiger charge is 2.23. The number of urea groups is 1. The van der Waals surface area contributed by atoms with Gasteiger partial charge in [-0.05, 0) is 31.4 Å². The molecule has 0 spiro atoms. The van der Waals surface area contributed by atoms with E-state index in [1.54, 1.807) is 23.3 Å². The van der Waals surface area contributed by atoms with Crippen molar-refractivity contribution >= 4 is 17.6 Å². The number of ether oxygens (including phenoxy) is 1. The molecule has 26 heavy (non-hydrogen) atoms. The second-order valence-corrected chi connectivity index (χ2v) is 6.76. The third kappa shape index (κ3) is 5.71. The Morgan fingerprint density at radius 2 is 2.19 bits per heavy atom. The van der Waals surface area contributed by atoms with Crippen LogP contribution in [0.3, 0.4) is 0 Å². The Balaban J connectivity index is 1.29. The minimum absolute atomic E-state index is 0.00771. The Bertz CT molecular complexity index is 686. The number of carbonyl (C=O) groups excluding carboxylic acids is 1. The standard InChI is InChI=1S/C18H24ClN5O2/c19-15-12-22-24(13-15)9-3-8-21-18(25)23-10-5-17(6-11-23)26-14-16-4-1-2-7-20-16/h1-2,4,7,12-13,17H,3,5-6,8-11,14H2,(H,21,25). The van der Waals surface area contributed by atoms with Crippen molar-refractivity contribution in [2.45, 2.75) is 38.5 Å². The Morgan fingerprint density at radius 1 is 1.35 bits per heavy atom. The molecule has 8 heteroatoms. The van der Waals surface area contributed by atoms with Crippen molar-refractivity contribution < 1.29 is 9.53 Å². The van der Waals surface area contributed by atoms with Gasteiger partial charge in [-0.2, -0.15) is 5.10 Å². The number of aromatic nitrogens is 3. The number of nitrogens with one attached hydrogen (secondary N) is 1. The molecule has 0 radical (unpaired) electrons. The smallest absolute Gasteiger partial charge is 0.317 e. The maximum absolute atomic E-state index is 12.2. The summed E-state index contributed by atoms with van der Waals surface area (Å²) in [6.45, 7) is 3.30. The number of carbonyl (C=O) groups is 1. The lowest BCUT2D eigenvalue weighted by Gasteiger charge is -2.32. The average Bonchev–Trinajstić information content (AvgIpc) is 3.10. The van der Waals surface area contributed by atoms with Crippen molar-refractivity contribution in [3.05, 3.63) is 47.5 Å². The van der Waals surface area contributed by atoms with E-state index in [0.29, 0.717) is 31.3 Å². The summed E-state index contributed by atoms with van der Waals surface area (Å²) < 4.78 is 7.68. The highest BCUT2D eigenvalue weighted by molar-refractivity contribution is 6.30. The molecule has 3 heterocycles. The zero-order valence-electron chi connectivity index (χ0n) is 14.7. The van der Waals surface area contributed by atoms with E-state index < -0.39 is 0 Å². The molecule has 0 saturated carbocycles. The van der Waals surface area contributed by atoms with E-state index >= 15 is 0 Å². The molecule has 2 aromatic heterocycles. The Labute approximate surface area is 158 Å². The van der Waals surface area contributed by atoms with Gasteiger partial charge in [0.25, 0.3) is 0 Å². The summed E-state index contributed by atoms with van der Waals surface area (Å²) in [5.41, 5.74) is 0.936. The summed E-state index contributed by atoms with van der Waals surface area (Å²) in [6, 6.07) is 5.80. The molecular formula is C18H24ClN5O2. The molecule has 1 aliphatic heterocycles. The lowest BCUT2D eigenvalue weighted by atomic mass is 10.1. The van der Waals surface area contributed by atoms with E-state index in [1.165, 1.54) is 0 Å². The number of hydrogen-bond acceptors (Lipinski definition) is 4. The van der Waals surface area contributed by atoms with Gasteiger partial charge in [-0.25, -0.2) is 4.79 Å². The first-order chi connectivity index (χ1) is 12.7. The molecule has 140 valence electrons. The van der Waals surface area contributed by atoms with Crippen molar-refractivity contribution in [1.82, 2.24) is 25.0 Å². The maximum Gasteiger partial charge on any atom is 0.317 e. The number of amides is 2. The number of rotatable bonds is 7. The highest BCUT2D eigenvalue weighted by Crippen LogP contribution is 2.15. The van der Waals surface area contributed by atoms with Gasteiger partial charge in [0.1, 0.15) is 0 Å². The molecule has 0 aromatic carbocycles. The molecule has 7 nitrogen and oxygen atoms in total. The minimum atomic E-state index is -0.00771. The second kappa shape index (κ2) is 9.54. The van der Waals surface area contributed by atoms with Crippen molar-refractivity contribution in [1.29, 1.82) is 0 Å². The van der Waals surface area contributed by atoms with E-state index in [-0.39, 0.29) is 12.1 Å². The average molecular weight is 378 g/mol. The van der Waals surface area contributed by atoms with Gasteiger partial charge in [0.05, 0.1) is 29.6 Å². The molecule has 0 unspecified atom stereocenters. The van der Waals surface area contributed by atoms with Gasteiger partial charge in [0, 0.05) is 38.6 Å². The fourth-order valence-electron chi connectivity index (χ4n) is 2.92. The summed E-state index contributed by atoms with van der Waals surface area (Å²) in [7, 11) is 0. The Morgan fingerprint density at radius 3 is 2.88 bits per heavy atom. The number of piperidine rings is 1. The van der Waals surface area contributed by atoms with Crippen LogP contribution in [0.25, 0.3) is 0 Å². The first-order valence-corrected chi connectivity index (χ1v) is 9.31. The van der Waals surface area contributed by atoms with Crippen molar-refractivity contribution in [2.24, 2.45) is 0 Å². The number of halogens is 1. The summed E-state index contributed by atoms with van der Waals surface area (Å²) >= 11 is 5.82. The van der Waals surface area contributed by atoms with Crippen molar-refractivity contribution in [2.75, 3.05) is 19.6 Å². The fraction of sp³-hybridized carbons (Fsp3) is 0.500. The van der Waals surface area contributed by atoms with Crippen LogP contribution >= 0.6 is 11.6 Å². The Hall–Kier alpha value is -2.12. The fourth-order valence-corrected chi connectivity index (χ4v) is 3.08. The minimum Gasteiger partial charge on any atom is -0.372 e. The van der Waals surface area contributed by atoms with Gasteiger partial charge >= 0.3 is 6.03 Å². The first kappa shape index (κ1) is 18.7. The molecule has 0 bridgehead atoms. The van der Waals surface area contributed by atoms with Crippen LogP contribution in [0.2, 0.25) is 5.02 Å². The van der Waals surface area contributed by atoms with E-state index in [0.717, 1.165) is 31.5 Å². The van der Waals surface area contributed by atoms with E-state index in [1.807, 2.05) is 23.1 Å². The van der Waals surface area contributed by atoms with Crippen LogP contribution in [0.15, 0.2) is 36.8 Å². The van der Waals surface area contributed by atoms with Crippen LogP contribution in [-0.2, 0) is 17.9 Å². The number of nitrogens with zero attached hydrogens (tertiary/aromatic N) is 4. The van der Waals surface area contributed by atoms with Crippen molar-refractivity contribution in [3.8, 4) is 0 Å². The molecule has 3 rings (SSSR count). The molecule has 1 N–H and O–H groups in total. The summed E-state index contributed by atoms with van der Waals surface area (Å²) in [5, 5.41) is 7.70. The van der Waals surface area contributed by atoms with Gasteiger partial charge in [0.15, 0.2) is 0 Å². The molecule has 0 atom stereocenters. The SMILES string of the molecule is O=C(NCCCn1cc(Cl)cn1)N1CCC(OCc2ccccn2)CC1. The van der Waals surface area contributed by atoms with Gasteiger partial charge < -0.3 is 15.0 Å². The predicted molar refractivity (Wildman–Crippen MR) is 98.9 cm³/mol. The normalized spacial score (nSPS) is 15.2. The monoisotopic (exact) mass is 377 g/mol. The zero-order chi connectivity index (χ0) is 18.2. The third-order valence-corrected chi connectivity index (χ3v) is 4.56. The number of likely N-dealkylation sites (tertiary alicyclic amines) is 1. The quantitative estimate of drug-likeness (QED) is 0.753. The van der Waals surface area contributed by atoms with Gasteiger partial charge in [-0.15, -0.1) is 0 Å². The van der Waals surface area contributed by atoms with Crippen molar-refractivity contribution in [3.63, 3.8) is 0 Å². The van der Waals surface area contributed by atoms with Crippen LogP contribution in [0.1, 0.15) is 25.0 Å². The first-order valence-electron chi connectivity index (χ1n) is 8.93. The zero-order valence-corrected chi connectivity index (χ0v) is 15.4. The largest absolute Gasteiger partial charge is 0.372 e. The lowest BCUT2D eigenvalue weighted by Crippen LogP contribution is -2.46.